The molecule has 23 heavy (non-hydrogen) atoms. The topological polar surface area (TPSA) is 65.0 Å². The normalized spacial score (nSPS) is 10.8. The number of aryl methyl sites for hydroxylation is 1. The molecule has 4 aromatic rings. The highest BCUT2D eigenvalue weighted by atomic mass is 16.5. The maximum atomic E-state index is 5.34. The quantitative estimate of drug-likeness (QED) is 0.562. The smallest absolute Gasteiger partial charge is 0.296 e. The van der Waals surface area contributed by atoms with Gasteiger partial charge in [0.05, 0.1) is 0 Å². The Balaban J connectivity index is 1.65. The number of aromatic nitrogens is 3. The molecule has 5 nitrogen and oxygen atoms in total. The number of hydrogen-bond acceptors (Lipinski definition) is 5. The Morgan fingerprint density at radius 1 is 0.783 bits per heavy atom. The Labute approximate surface area is 132 Å². The van der Waals surface area contributed by atoms with Gasteiger partial charge in [-0.25, -0.2) is 0 Å². The summed E-state index contributed by atoms with van der Waals surface area (Å²) in [6, 6.07) is 19.5. The molecule has 0 amide bonds. The van der Waals surface area contributed by atoms with Crippen LogP contribution in [-0.4, -0.2) is 15.3 Å². The van der Waals surface area contributed by atoms with E-state index >= 15 is 0 Å². The first-order chi connectivity index (χ1) is 11.3. The molecule has 0 aliphatic carbocycles. The summed E-state index contributed by atoms with van der Waals surface area (Å²) in [7, 11) is 0. The van der Waals surface area contributed by atoms with Crippen LogP contribution in [0.15, 0.2) is 69.7 Å². The fourth-order valence-corrected chi connectivity index (χ4v) is 2.26. The van der Waals surface area contributed by atoms with E-state index in [9.17, 15) is 0 Å². The van der Waals surface area contributed by atoms with E-state index < -0.39 is 0 Å². The fourth-order valence-electron chi connectivity index (χ4n) is 2.26. The molecule has 0 radical (unpaired) electrons. The third-order valence-electron chi connectivity index (χ3n) is 3.53. The zero-order valence-electron chi connectivity index (χ0n) is 12.4. The van der Waals surface area contributed by atoms with Gasteiger partial charge < -0.3 is 9.05 Å². The van der Waals surface area contributed by atoms with Crippen LogP contribution in [0.1, 0.15) is 5.56 Å². The van der Waals surface area contributed by atoms with Crippen molar-refractivity contribution in [1.82, 2.24) is 15.3 Å². The van der Waals surface area contributed by atoms with E-state index in [2.05, 4.69) is 15.3 Å². The van der Waals surface area contributed by atoms with Crippen LogP contribution in [0.25, 0.3) is 34.3 Å². The van der Waals surface area contributed by atoms with Gasteiger partial charge in [-0.2, -0.15) is 4.98 Å². The molecule has 2 heterocycles. The maximum Gasteiger partial charge on any atom is 0.296 e. The van der Waals surface area contributed by atoms with Gasteiger partial charge in [0.2, 0.25) is 11.6 Å². The van der Waals surface area contributed by atoms with Crippen LogP contribution >= 0.6 is 0 Å². The number of rotatable bonds is 3. The van der Waals surface area contributed by atoms with Gasteiger partial charge in [0.15, 0.2) is 0 Å². The Bertz CT molecular complexity index is 924. The van der Waals surface area contributed by atoms with E-state index in [-0.39, 0.29) is 0 Å². The Kier molecular flexibility index (Phi) is 3.24. The van der Waals surface area contributed by atoms with Crippen LogP contribution in [0.4, 0.5) is 0 Å². The van der Waals surface area contributed by atoms with E-state index in [0.29, 0.717) is 17.5 Å². The van der Waals surface area contributed by atoms with Crippen LogP contribution < -0.4 is 0 Å². The van der Waals surface area contributed by atoms with Crippen molar-refractivity contribution in [1.29, 1.82) is 0 Å². The first kappa shape index (κ1) is 13.5. The van der Waals surface area contributed by atoms with E-state index in [4.69, 9.17) is 9.05 Å². The highest BCUT2D eigenvalue weighted by Gasteiger charge is 2.16. The molecule has 0 spiro atoms. The molecule has 0 aliphatic rings. The SMILES string of the molecule is Cc1ccc(-c2cc(-c3nc(-c4ccccc4)no3)on2)cc1. The minimum atomic E-state index is 0.315. The second kappa shape index (κ2) is 5.53. The van der Waals surface area contributed by atoms with Gasteiger partial charge in [-0.1, -0.05) is 70.5 Å². The van der Waals surface area contributed by atoms with Gasteiger partial charge in [0.1, 0.15) is 5.69 Å². The van der Waals surface area contributed by atoms with Gasteiger partial charge in [-0.05, 0) is 6.92 Å². The summed E-state index contributed by atoms with van der Waals surface area (Å²) in [6.07, 6.45) is 0. The molecular weight excluding hydrogens is 290 g/mol. The summed E-state index contributed by atoms with van der Waals surface area (Å²) in [5.41, 5.74) is 3.80. The third-order valence-corrected chi connectivity index (χ3v) is 3.53. The average Bonchev–Trinajstić information content (AvgIpc) is 3.26. The molecule has 0 atom stereocenters. The van der Waals surface area contributed by atoms with Crippen LogP contribution in [0.2, 0.25) is 0 Å². The van der Waals surface area contributed by atoms with Gasteiger partial charge in [-0.3, -0.25) is 0 Å². The van der Waals surface area contributed by atoms with Crippen LogP contribution in [0.5, 0.6) is 0 Å². The van der Waals surface area contributed by atoms with Crippen LogP contribution in [0, 0.1) is 6.92 Å². The first-order valence-corrected chi connectivity index (χ1v) is 7.23. The minimum absolute atomic E-state index is 0.315. The van der Waals surface area contributed by atoms with Crippen LogP contribution in [-0.2, 0) is 0 Å². The van der Waals surface area contributed by atoms with Crippen molar-refractivity contribution in [3.8, 4) is 34.3 Å². The maximum absolute atomic E-state index is 5.34. The van der Waals surface area contributed by atoms with Crippen LogP contribution in [0.3, 0.4) is 0 Å². The third kappa shape index (κ3) is 2.64. The lowest BCUT2D eigenvalue weighted by Gasteiger charge is -1.95. The molecular formula is C18H13N3O2. The van der Waals surface area contributed by atoms with Crippen molar-refractivity contribution < 1.29 is 9.05 Å². The van der Waals surface area contributed by atoms with E-state index in [1.54, 1.807) is 6.07 Å². The molecule has 0 saturated carbocycles. The van der Waals surface area contributed by atoms with Crippen molar-refractivity contribution >= 4 is 0 Å². The molecule has 0 bridgehead atoms. The van der Waals surface area contributed by atoms with Crippen molar-refractivity contribution in [2.75, 3.05) is 0 Å². The molecule has 2 aromatic heterocycles. The second-order valence-electron chi connectivity index (χ2n) is 5.23. The van der Waals surface area contributed by atoms with Crippen molar-refractivity contribution in [2.24, 2.45) is 0 Å². The molecule has 4 rings (SSSR count). The molecule has 0 unspecified atom stereocenters. The van der Waals surface area contributed by atoms with E-state index in [0.717, 1.165) is 16.8 Å². The predicted octanol–water partition coefficient (Wildman–Crippen LogP) is 4.37. The van der Waals surface area contributed by atoms with Crippen molar-refractivity contribution in [2.45, 2.75) is 6.92 Å². The van der Waals surface area contributed by atoms with Gasteiger partial charge in [0.25, 0.3) is 5.89 Å². The molecule has 2 aromatic carbocycles. The highest BCUT2D eigenvalue weighted by Crippen LogP contribution is 2.26. The van der Waals surface area contributed by atoms with E-state index in [1.165, 1.54) is 5.56 Å². The lowest BCUT2D eigenvalue weighted by molar-refractivity contribution is 0.386. The van der Waals surface area contributed by atoms with Crippen molar-refractivity contribution in [3.63, 3.8) is 0 Å². The largest absolute Gasteiger partial charge is 0.350 e. The summed E-state index contributed by atoms with van der Waals surface area (Å²) >= 11 is 0. The highest BCUT2D eigenvalue weighted by molar-refractivity contribution is 5.64. The Hall–Kier alpha value is -3.21. The summed E-state index contributed by atoms with van der Waals surface area (Å²) in [4.78, 5) is 4.36. The standard InChI is InChI=1S/C18H13N3O2/c1-12-7-9-13(10-8-12)15-11-16(22-20-15)18-19-17(21-23-18)14-5-3-2-4-6-14/h2-11H,1H3. The lowest BCUT2D eigenvalue weighted by atomic mass is 10.1. The zero-order valence-corrected chi connectivity index (χ0v) is 12.4. The minimum Gasteiger partial charge on any atom is -0.350 e. The fraction of sp³-hybridized carbons (Fsp3) is 0.0556. The van der Waals surface area contributed by atoms with Crippen molar-refractivity contribution in [3.05, 3.63) is 66.2 Å². The van der Waals surface area contributed by atoms with E-state index in [1.807, 2.05) is 61.5 Å². The Morgan fingerprint density at radius 3 is 2.35 bits per heavy atom. The zero-order chi connectivity index (χ0) is 15.6. The van der Waals surface area contributed by atoms with Gasteiger partial charge >= 0.3 is 0 Å². The predicted molar refractivity (Wildman–Crippen MR) is 85.4 cm³/mol. The molecule has 0 saturated heterocycles. The molecule has 112 valence electrons. The molecule has 0 aliphatic heterocycles. The first-order valence-electron chi connectivity index (χ1n) is 7.23. The summed E-state index contributed by atoms with van der Waals surface area (Å²) < 4.78 is 10.6. The average molecular weight is 303 g/mol. The van der Waals surface area contributed by atoms with Gasteiger partial charge in [-0.15, -0.1) is 0 Å². The number of hydrogen-bond donors (Lipinski definition) is 0. The molecule has 5 heteroatoms. The molecule has 0 N–H and O–H groups in total. The number of nitrogens with zero attached hydrogens (tertiary/aromatic N) is 3. The monoisotopic (exact) mass is 303 g/mol. The molecule has 0 fully saturated rings. The summed E-state index contributed by atoms with van der Waals surface area (Å²) in [6.45, 7) is 2.04. The van der Waals surface area contributed by atoms with Gasteiger partial charge in [0, 0.05) is 17.2 Å². The lowest BCUT2D eigenvalue weighted by Crippen LogP contribution is -1.79. The summed E-state index contributed by atoms with van der Waals surface area (Å²) in [5, 5.41) is 8.05. The summed E-state index contributed by atoms with van der Waals surface area (Å²) in [5.74, 6) is 1.29. The Morgan fingerprint density at radius 2 is 1.57 bits per heavy atom. The number of benzene rings is 2. The second-order valence-corrected chi connectivity index (χ2v) is 5.23.